The smallest absolute Gasteiger partial charge is 0.0956 e. The zero-order valence-corrected chi connectivity index (χ0v) is 6.93. The predicted molar refractivity (Wildman–Crippen MR) is 41.1 cm³/mol. The van der Waals surface area contributed by atoms with E-state index in [1.807, 2.05) is 0 Å². The lowest BCUT2D eigenvalue weighted by molar-refractivity contribution is -0.112. The zero-order valence-electron chi connectivity index (χ0n) is 6.93. The van der Waals surface area contributed by atoms with E-state index >= 15 is 0 Å². The molecule has 1 spiro atoms. The molecule has 0 radical (unpaired) electrons. The van der Waals surface area contributed by atoms with Crippen LogP contribution in [0.4, 0.5) is 0 Å². The van der Waals surface area contributed by atoms with Crippen molar-refractivity contribution in [1.29, 1.82) is 0 Å². The average Bonchev–Trinajstić information content (AvgIpc) is 2.34. The molecule has 0 saturated carbocycles. The van der Waals surface area contributed by atoms with E-state index in [-0.39, 0.29) is 5.60 Å². The summed E-state index contributed by atoms with van der Waals surface area (Å²) >= 11 is 0. The van der Waals surface area contributed by atoms with Crippen LogP contribution in [0.3, 0.4) is 0 Å². The second kappa shape index (κ2) is 2.73. The first-order valence-corrected chi connectivity index (χ1v) is 4.32. The summed E-state index contributed by atoms with van der Waals surface area (Å²) in [5.74, 6) is 0. The van der Waals surface area contributed by atoms with Crippen molar-refractivity contribution in [3.8, 4) is 0 Å². The van der Waals surface area contributed by atoms with E-state index in [4.69, 9.17) is 9.57 Å². The standard InChI is InChI=1S/C8H15NO2/c1-7-6-8(11-9-7)2-4-10-5-3-8/h7,9H,2-6H2,1H3. The van der Waals surface area contributed by atoms with Gasteiger partial charge in [-0.2, -0.15) is 5.48 Å². The third-order valence-electron chi connectivity index (χ3n) is 2.56. The number of ether oxygens (including phenoxy) is 1. The van der Waals surface area contributed by atoms with Gasteiger partial charge in [-0.25, -0.2) is 0 Å². The van der Waals surface area contributed by atoms with Gasteiger partial charge < -0.3 is 4.74 Å². The molecule has 2 aliphatic heterocycles. The maximum absolute atomic E-state index is 5.56. The third-order valence-corrected chi connectivity index (χ3v) is 2.56. The Morgan fingerprint density at radius 1 is 1.36 bits per heavy atom. The van der Waals surface area contributed by atoms with E-state index in [1.54, 1.807) is 0 Å². The van der Waals surface area contributed by atoms with E-state index in [0.717, 1.165) is 32.5 Å². The van der Waals surface area contributed by atoms with Gasteiger partial charge in [-0.3, -0.25) is 4.84 Å². The lowest BCUT2D eigenvalue weighted by atomic mass is 9.89. The molecular formula is C8H15NO2. The number of hydrogen-bond donors (Lipinski definition) is 1. The molecule has 11 heavy (non-hydrogen) atoms. The highest BCUT2D eigenvalue weighted by atomic mass is 16.7. The SMILES string of the molecule is CC1CC2(CCOCC2)ON1. The quantitative estimate of drug-likeness (QED) is 0.565. The van der Waals surface area contributed by atoms with Crippen LogP contribution in [0.15, 0.2) is 0 Å². The van der Waals surface area contributed by atoms with E-state index < -0.39 is 0 Å². The zero-order chi connectivity index (χ0) is 7.73. The number of nitrogens with one attached hydrogen (secondary N) is 1. The molecule has 3 heteroatoms. The first-order valence-electron chi connectivity index (χ1n) is 4.32. The Hall–Kier alpha value is -0.120. The Balaban J connectivity index is 1.98. The highest BCUT2D eigenvalue weighted by Crippen LogP contribution is 2.33. The summed E-state index contributed by atoms with van der Waals surface area (Å²) in [6, 6.07) is 0.507. The molecule has 2 rings (SSSR count). The van der Waals surface area contributed by atoms with Crippen LogP contribution in [0.1, 0.15) is 26.2 Å². The largest absolute Gasteiger partial charge is 0.381 e. The highest BCUT2D eigenvalue weighted by Gasteiger charge is 2.40. The van der Waals surface area contributed by atoms with Gasteiger partial charge in [-0.15, -0.1) is 0 Å². The first-order chi connectivity index (χ1) is 5.31. The minimum atomic E-state index is 0.109. The molecule has 0 amide bonds. The normalized spacial score (nSPS) is 36.3. The summed E-state index contributed by atoms with van der Waals surface area (Å²) in [5, 5.41) is 0. The molecule has 64 valence electrons. The Bertz CT molecular complexity index is 138. The lowest BCUT2D eigenvalue weighted by Crippen LogP contribution is -2.36. The fourth-order valence-corrected chi connectivity index (χ4v) is 1.92. The van der Waals surface area contributed by atoms with Crippen LogP contribution in [0.2, 0.25) is 0 Å². The van der Waals surface area contributed by atoms with Crippen molar-refractivity contribution < 1.29 is 9.57 Å². The molecule has 1 unspecified atom stereocenters. The fraction of sp³-hybridized carbons (Fsp3) is 1.00. The molecule has 0 bridgehead atoms. The molecule has 2 aliphatic rings. The first kappa shape index (κ1) is 7.53. The molecule has 1 N–H and O–H groups in total. The van der Waals surface area contributed by atoms with Gasteiger partial charge in [0.1, 0.15) is 0 Å². The minimum absolute atomic E-state index is 0.109. The monoisotopic (exact) mass is 157 g/mol. The van der Waals surface area contributed by atoms with Crippen LogP contribution in [0.25, 0.3) is 0 Å². The van der Waals surface area contributed by atoms with Gasteiger partial charge in [-0.1, -0.05) is 0 Å². The van der Waals surface area contributed by atoms with Crippen LogP contribution >= 0.6 is 0 Å². The Kier molecular flexibility index (Phi) is 1.87. The molecule has 1 atom stereocenters. The van der Waals surface area contributed by atoms with Crippen LogP contribution in [0, 0.1) is 0 Å². The average molecular weight is 157 g/mol. The summed E-state index contributed by atoms with van der Waals surface area (Å²) < 4.78 is 5.28. The Morgan fingerprint density at radius 2 is 2.09 bits per heavy atom. The highest BCUT2D eigenvalue weighted by molar-refractivity contribution is 4.89. The molecular weight excluding hydrogens is 142 g/mol. The topological polar surface area (TPSA) is 30.5 Å². The van der Waals surface area contributed by atoms with Gasteiger partial charge >= 0.3 is 0 Å². The number of hydroxylamine groups is 1. The minimum Gasteiger partial charge on any atom is -0.381 e. The summed E-state index contributed by atoms with van der Waals surface area (Å²) in [4.78, 5) is 5.56. The van der Waals surface area contributed by atoms with E-state index in [2.05, 4.69) is 12.4 Å². The number of hydrogen-bond acceptors (Lipinski definition) is 3. The van der Waals surface area contributed by atoms with Crippen LogP contribution < -0.4 is 5.48 Å². The van der Waals surface area contributed by atoms with Gasteiger partial charge in [-0.05, 0) is 13.3 Å². The molecule has 2 heterocycles. The van der Waals surface area contributed by atoms with E-state index in [1.165, 1.54) is 0 Å². The van der Waals surface area contributed by atoms with Crippen molar-refractivity contribution in [2.45, 2.75) is 37.8 Å². The van der Waals surface area contributed by atoms with Crippen molar-refractivity contribution >= 4 is 0 Å². The number of rotatable bonds is 0. The van der Waals surface area contributed by atoms with Gasteiger partial charge in [0.15, 0.2) is 0 Å². The van der Waals surface area contributed by atoms with E-state index in [9.17, 15) is 0 Å². The Labute approximate surface area is 67.0 Å². The van der Waals surface area contributed by atoms with Crippen molar-refractivity contribution in [3.63, 3.8) is 0 Å². The molecule has 0 aliphatic carbocycles. The second-order valence-electron chi connectivity index (χ2n) is 3.62. The summed E-state index contributed by atoms with van der Waals surface area (Å²) in [6.45, 7) is 3.87. The van der Waals surface area contributed by atoms with Gasteiger partial charge in [0, 0.05) is 32.1 Å². The van der Waals surface area contributed by atoms with Gasteiger partial charge in [0.25, 0.3) is 0 Å². The molecule has 0 aromatic heterocycles. The third kappa shape index (κ3) is 1.41. The fourth-order valence-electron chi connectivity index (χ4n) is 1.92. The van der Waals surface area contributed by atoms with Crippen LogP contribution in [-0.2, 0) is 9.57 Å². The molecule has 2 saturated heterocycles. The van der Waals surface area contributed by atoms with E-state index in [0.29, 0.717) is 6.04 Å². The van der Waals surface area contributed by atoms with Crippen molar-refractivity contribution in [1.82, 2.24) is 5.48 Å². The predicted octanol–water partition coefficient (Wildman–Crippen LogP) is 0.849. The maximum atomic E-state index is 5.56. The molecule has 3 nitrogen and oxygen atoms in total. The maximum Gasteiger partial charge on any atom is 0.0956 e. The summed E-state index contributed by atoms with van der Waals surface area (Å²) in [6.07, 6.45) is 3.23. The summed E-state index contributed by atoms with van der Waals surface area (Å²) in [5.41, 5.74) is 3.13. The second-order valence-corrected chi connectivity index (χ2v) is 3.62. The summed E-state index contributed by atoms with van der Waals surface area (Å²) in [7, 11) is 0. The van der Waals surface area contributed by atoms with Gasteiger partial charge in [0.05, 0.1) is 5.60 Å². The lowest BCUT2D eigenvalue weighted by Gasteiger charge is -2.30. The molecule has 2 fully saturated rings. The van der Waals surface area contributed by atoms with Crippen LogP contribution in [0.5, 0.6) is 0 Å². The molecule has 0 aromatic rings. The van der Waals surface area contributed by atoms with Crippen molar-refractivity contribution in [3.05, 3.63) is 0 Å². The molecule has 0 aromatic carbocycles. The van der Waals surface area contributed by atoms with Crippen molar-refractivity contribution in [2.24, 2.45) is 0 Å². The van der Waals surface area contributed by atoms with Gasteiger partial charge in [0.2, 0.25) is 0 Å². The van der Waals surface area contributed by atoms with Crippen molar-refractivity contribution in [2.75, 3.05) is 13.2 Å². The van der Waals surface area contributed by atoms with Crippen LogP contribution in [-0.4, -0.2) is 24.9 Å². The Morgan fingerprint density at radius 3 is 2.64 bits per heavy atom.